The molecule has 32 heavy (non-hydrogen) atoms. The van der Waals surface area contributed by atoms with Crippen LogP contribution in [0.15, 0.2) is 53.8 Å². The molecule has 0 saturated heterocycles. The maximum atomic E-state index is 12.2. The van der Waals surface area contributed by atoms with Crippen LogP contribution in [-0.4, -0.2) is 41.2 Å². The molecule has 0 amide bonds. The van der Waals surface area contributed by atoms with Crippen molar-refractivity contribution in [1.82, 2.24) is 20.0 Å². The summed E-state index contributed by atoms with van der Waals surface area (Å²) in [5.74, 6) is 0.845. The number of halogens is 4. The van der Waals surface area contributed by atoms with E-state index in [1.807, 2.05) is 42.8 Å². The number of hydrogen-bond acceptors (Lipinski definition) is 3. The Morgan fingerprint density at radius 1 is 1.16 bits per heavy atom. The molecule has 0 radical (unpaired) electrons. The number of pyridine rings is 1. The first-order valence-corrected chi connectivity index (χ1v) is 10.1. The lowest BCUT2D eigenvalue weighted by molar-refractivity contribution is -0.153. The number of aliphatic imine (C=N–C) groups is 1. The van der Waals surface area contributed by atoms with Crippen molar-refractivity contribution in [3.05, 3.63) is 65.6 Å². The van der Waals surface area contributed by atoms with Crippen molar-refractivity contribution in [2.75, 3.05) is 19.7 Å². The summed E-state index contributed by atoms with van der Waals surface area (Å²) in [6.45, 7) is 4.49. The predicted octanol–water partition coefficient (Wildman–Crippen LogP) is 4.50. The summed E-state index contributed by atoms with van der Waals surface area (Å²) < 4.78 is 43.4. The van der Waals surface area contributed by atoms with E-state index in [4.69, 9.17) is 4.74 Å². The molecule has 0 bridgehead atoms. The van der Waals surface area contributed by atoms with E-state index in [-0.39, 0.29) is 29.7 Å². The van der Waals surface area contributed by atoms with Gasteiger partial charge in [0.1, 0.15) is 11.4 Å². The largest absolute Gasteiger partial charge is 0.484 e. The molecule has 10 heteroatoms. The molecular weight excluding hydrogens is 534 g/mol. The van der Waals surface area contributed by atoms with Gasteiger partial charge in [-0.05, 0) is 43.2 Å². The highest BCUT2D eigenvalue weighted by Crippen LogP contribution is 2.19. The molecule has 0 spiro atoms. The molecule has 6 nitrogen and oxygen atoms in total. The van der Waals surface area contributed by atoms with Crippen LogP contribution < -0.4 is 15.4 Å². The Morgan fingerprint density at radius 2 is 1.91 bits per heavy atom. The molecule has 0 aliphatic carbocycles. The lowest BCUT2D eigenvalue weighted by Gasteiger charge is -2.11. The molecule has 174 valence electrons. The van der Waals surface area contributed by atoms with Crippen molar-refractivity contribution in [1.29, 1.82) is 0 Å². The summed E-state index contributed by atoms with van der Waals surface area (Å²) in [6, 6.07) is 10.5. The van der Waals surface area contributed by atoms with Gasteiger partial charge in [-0.15, -0.1) is 24.0 Å². The summed E-state index contributed by atoms with van der Waals surface area (Å²) in [7, 11) is 0. The van der Waals surface area contributed by atoms with Crippen LogP contribution in [0, 0.1) is 6.92 Å². The van der Waals surface area contributed by atoms with E-state index in [2.05, 4.69) is 20.6 Å². The van der Waals surface area contributed by atoms with E-state index in [0.29, 0.717) is 25.6 Å². The number of rotatable bonds is 8. The monoisotopic (exact) mass is 561 g/mol. The molecule has 1 aromatic carbocycles. The van der Waals surface area contributed by atoms with Crippen molar-refractivity contribution in [2.45, 2.75) is 33.0 Å². The average molecular weight is 561 g/mol. The molecule has 0 saturated carbocycles. The second kappa shape index (κ2) is 11.9. The second-order valence-corrected chi connectivity index (χ2v) is 7.07. The summed E-state index contributed by atoms with van der Waals surface area (Å²) >= 11 is 0. The van der Waals surface area contributed by atoms with Gasteiger partial charge in [0.2, 0.25) is 0 Å². The number of guanidine groups is 1. The van der Waals surface area contributed by atoms with Crippen LogP contribution in [-0.2, 0) is 13.0 Å². The first-order chi connectivity index (χ1) is 14.8. The number of fused-ring (bicyclic) bond motifs is 1. The van der Waals surface area contributed by atoms with E-state index < -0.39 is 12.8 Å². The maximum Gasteiger partial charge on any atom is 0.422 e. The number of hydrogen-bond donors (Lipinski definition) is 2. The number of aryl methyl sites for hydroxylation is 1. The van der Waals surface area contributed by atoms with Gasteiger partial charge in [0.05, 0.1) is 12.2 Å². The Balaban J connectivity index is 0.00000363. The van der Waals surface area contributed by atoms with Crippen LogP contribution in [0.2, 0.25) is 0 Å². The van der Waals surface area contributed by atoms with Crippen LogP contribution in [0.3, 0.4) is 0 Å². The van der Waals surface area contributed by atoms with Gasteiger partial charge in [-0.1, -0.05) is 18.2 Å². The Morgan fingerprint density at radius 3 is 2.56 bits per heavy atom. The fraction of sp³-hybridized carbons (Fsp3) is 0.364. The zero-order chi connectivity index (χ0) is 22.3. The van der Waals surface area contributed by atoms with E-state index >= 15 is 0 Å². The molecule has 2 aromatic heterocycles. The summed E-state index contributed by atoms with van der Waals surface area (Å²) in [5.41, 5.74) is 3.95. The molecule has 0 aliphatic rings. The normalized spacial score (nSPS) is 11.8. The van der Waals surface area contributed by atoms with Crippen LogP contribution in [0.5, 0.6) is 5.75 Å². The van der Waals surface area contributed by atoms with Gasteiger partial charge in [-0.3, -0.25) is 0 Å². The van der Waals surface area contributed by atoms with Crippen molar-refractivity contribution in [2.24, 2.45) is 4.99 Å². The SMILES string of the molecule is CCNC(=NCc1ccc(OCC(F)(F)F)cc1)NCCc1cn2cccc(C)c2n1.I. The van der Waals surface area contributed by atoms with E-state index in [1.54, 1.807) is 12.1 Å². The molecule has 2 N–H and O–H groups in total. The Bertz CT molecular complexity index is 1020. The Kier molecular flexibility index (Phi) is 9.60. The first-order valence-electron chi connectivity index (χ1n) is 10.1. The van der Waals surface area contributed by atoms with E-state index in [9.17, 15) is 13.2 Å². The van der Waals surface area contributed by atoms with Gasteiger partial charge in [0.15, 0.2) is 12.6 Å². The topological polar surface area (TPSA) is 63.0 Å². The lowest BCUT2D eigenvalue weighted by Crippen LogP contribution is -2.38. The van der Waals surface area contributed by atoms with Gasteiger partial charge >= 0.3 is 6.18 Å². The Labute approximate surface area is 202 Å². The third-order valence-electron chi connectivity index (χ3n) is 4.49. The Hall–Kier alpha value is -2.50. The van der Waals surface area contributed by atoms with Crippen molar-refractivity contribution in [3.63, 3.8) is 0 Å². The van der Waals surface area contributed by atoms with Gasteiger partial charge in [-0.25, -0.2) is 9.98 Å². The summed E-state index contributed by atoms with van der Waals surface area (Å²) in [4.78, 5) is 9.20. The third-order valence-corrected chi connectivity index (χ3v) is 4.49. The molecular formula is C22H27F3IN5O. The molecule has 3 aromatic rings. The van der Waals surface area contributed by atoms with Crippen LogP contribution in [0.1, 0.15) is 23.7 Å². The zero-order valence-electron chi connectivity index (χ0n) is 17.9. The average Bonchev–Trinajstić information content (AvgIpc) is 3.15. The third kappa shape index (κ3) is 7.88. The van der Waals surface area contributed by atoms with Crippen LogP contribution in [0.25, 0.3) is 5.65 Å². The smallest absolute Gasteiger partial charge is 0.422 e. The highest BCUT2D eigenvalue weighted by molar-refractivity contribution is 14.0. The van der Waals surface area contributed by atoms with E-state index in [1.165, 1.54) is 12.1 Å². The fourth-order valence-electron chi connectivity index (χ4n) is 3.00. The van der Waals surface area contributed by atoms with Crippen molar-refractivity contribution in [3.8, 4) is 5.75 Å². The second-order valence-electron chi connectivity index (χ2n) is 7.07. The molecule has 0 aliphatic heterocycles. The number of ether oxygens (including phenoxy) is 1. The van der Waals surface area contributed by atoms with Gasteiger partial charge in [-0.2, -0.15) is 13.2 Å². The number of benzene rings is 1. The number of aromatic nitrogens is 2. The summed E-state index contributed by atoms with van der Waals surface area (Å²) in [6.07, 6.45) is 0.405. The van der Waals surface area contributed by atoms with Gasteiger partial charge < -0.3 is 19.8 Å². The van der Waals surface area contributed by atoms with Crippen molar-refractivity contribution >= 4 is 35.6 Å². The highest BCUT2D eigenvalue weighted by Gasteiger charge is 2.28. The minimum Gasteiger partial charge on any atom is -0.484 e. The number of imidazole rings is 1. The zero-order valence-corrected chi connectivity index (χ0v) is 20.3. The molecule has 0 unspecified atom stereocenters. The van der Waals surface area contributed by atoms with Crippen molar-refractivity contribution < 1.29 is 17.9 Å². The molecule has 0 atom stereocenters. The first kappa shape index (κ1) is 25.8. The molecule has 3 rings (SSSR count). The highest BCUT2D eigenvalue weighted by atomic mass is 127. The number of nitrogens with one attached hydrogen (secondary N) is 2. The minimum absolute atomic E-state index is 0. The molecule has 0 fully saturated rings. The lowest BCUT2D eigenvalue weighted by atomic mass is 10.2. The number of alkyl halides is 3. The maximum absolute atomic E-state index is 12.2. The van der Waals surface area contributed by atoms with Crippen LogP contribution >= 0.6 is 24.0 Å². The minimum atomic E-state index is -4.35. The summed E-state index contributed by atoms with van der Waals surface area (Å²) in [5, 5.41) is 6.47. The molecule has 2 heterocycles. The van der Waals surface area contributed by atoms with Gasteiger partial charge in [0.25, 0.3) is 0 Å². The fourth-order valence-corrected chi connectivity index (χ4v) is 3.00. The number of nitrogens with zero attached hydrogens (tertiary/aromatic N) is 3. The predicted molar refractivity (Wildman–Crippen MR) is 130 cm³/mol. The standard InChI is InChI=1S/C22H26F3N5O.HI/c1-3-26-21(27-11-10-18-14-30-12-4-5-16(2)20(30)29-18)28-13-17-6-8-19(9-7-17)31-15-22(23,24)25;/h4-9,12,14H,3,10-11,13,15H2,1-2H3,(H2,26,27,28);1H. The van der Waals surface area contributed by atoms with Crippen LogP contribution in [0.4, 0.5) is 13.2 Å². The van der Waals surface area contributed by atoms with E-state index in [0.717, 1.165) is 28.9 Å². The van der Waals surface area contributed by atoms with Gasteiger partial charge in [0, 0.05) is 31.9 Å². The quantitative estimate of drug-likeness (QED) is 0.242.